The number of likely N-dealkylation sites (N-methyl/N-ethyl adjacent to an activating group) is 1. The third-order valence-electron chi connectivity index (χ3n) is 4.45. The molecular weight excluding hydrogens is 258 g/mol. The van der Waals surface area contributed by atoms with Crippen LogP contribution in [0.1, 0.15) is 32.6 Å². The van der Waals surface area contributed by atoms with Crippen LogP contribution < -0.4 is 5.73 Å². The summed E-state index contributed by atoms with van der Waals surface area (Å²) >= 11 is 0. The minimum atomic E-state index is -0.509. The molecule has 1 aliphatic carbocycles. The van der Waals surface area contributed by atoms with Gasteiger partial charge in [-0.25, -0.2) is 9.69 Å². The fourth-order valence-corrected chi connectivity index (χ4v) is 3.29. The normalized spacial score (nSPS) is 26.9. The molecule has 1 heterocycles. The standard InChI is InChI=1S/C14H25N3O3/c1-2-16(12-6-4-3-5-11(12)9-15)10-13(18)17-7-8-20-14(17)19/h11-12H,2-10,15H2,1H3. The Morgan fingerprint density at radius 1 is 1.45 bits per heavy atom. The largest absolute Gasteiger partial charge is 0.447 e. The van der Waals surface area contributed by atoms with Crippen molar-refractivity contribution >= 4 is 12.0 Å². The van der Waals surface area contributed by atoms with Gasteiger partial charge in [0.1, 0.15) is 6.61 Å². The zero-order chi connectivity index (χ0) is 14.5. The molecule has 0 radical (unpaired) electrons. The van der Waals surface area contributed by atoms with Crippen molar-refractivity contribution in [2.24, 2.45) is 11.7 Å². The first-order valence-corrected chi connectivity index (χ1v) is 7.58. The molecule has 0 aromatic carbocycles. The Kier molecular flexibility index (Phi) is 5.37. The highest BCUT2D eigenvalue weighted by molar-refractivity contribution is 5.94. The Balaban J connectivity index is 1.96. The molecule has 2 unspecified atom stereocenters. The Morgan fingerprint density at radius 2 is 2.20 bits per heavy atom. The highest BCUT2D eigenvalue weighted by Gasteiger charge is 2.33. The molecule has 2 amide bonds. The molecule has 0 aromatic heterocycles. The number of ether oxygens (including phenoxy) is 1. The van der Waals surface area contributed by atoms with E-state index < -0.39 is 6.09 Å². The van der Waals surface area contributed by atoms with Crippen LogP contribution in [0, 0.1) is 5.92 Å². The van der Waals surface area contributed by atoms with Gasteiger partial charge in [0.25, 0.3) is 0 Å². The van der Waals surface area contributed by atoms with E-state index in [0.717, 1.165) is 19.4 Å². The topological polar surface area (TPSA) is 75.9 Å². The number of imide groups is 1. The molecule has 2 N–H and O–H groups in total. The van der Waals surface area contributed by atoms with Gasteiger partial charge >= 0.3 is 6.09 Å². The smallest absolute Gasteiger partial charge is 0.416 e. The molecule has 6 nitrogen and oxygen atoms in total. The van der Waals surface area contributed by atoms with E-state index >= 15 is 0 Å². The van der Waals surface area contributed by atoms with Crippen molar-refractivity contribution in [2.75, 3.05) is 32.8 Å². The summed E-state index contributed by atoms with van der Waals surface area (Å²) in [5.74, 6) is 0.303. The molecule has 114 valence electrons. The molecule has 0 bridgehead atoms. The van der Waals surface area contributed by atoms with Crippen molar-refractivity contribution < 1.29 is 14.3 Å². The minimum absolute atomic E-state index is 0.157. The number of carbonyl (C=O) groups is 2. The number of nitrogens with two attached hydrogens (primary N) is 1. The first-order valence-electron chi connectivity index (χ1n) is 7.58. The van der Waals surface area contributed by atoms with Crippen molar-refractivity contribution in [3.63, 3.8) is 0 Å². The van der Waals surface area contributed by atoms with Crippen molar-refractivity contribution in [1.29, 1.82) is 0 Å². The van der Waals surface area contributed by atoms with E-state index in [-0.39, 0.29) is 12.5 Å². The Hall–Kier alpha value is -1.14. The molecule has 1 saturated carbocycles. The summed E-state index contributed by atoms with van der Waals surface area (Å²) in [5.41, 5.74) is 5.87. The number of hydrogen-bond donors (Lipinski definition) is 1. The summed E-state index contributed by atoms with van der Waals surface area (Å²) in [4.78, 5) is 27.0. The lowest BCUT2D eigenvalue weighted by Gasteiger charge is -2.39. The van der Waals surface area contributed by atoms with E-state index in [4.69, 9.17) is 10.5 Å². The van der Waals surface area contributed by atoms with E-state index in [9.17, 15) is 9.59 Å². The SMILES string of the molecule is CCN(CC(=O)N1CCOC1=O)C1CCCCC1CN. The molecule has 2 fully saturated rings. The van der Waals surface area contributed by atoms with Gasteiger partial charge < -0.3 is 10.5 Å². The van der Waals surface area contributed by atoms with E-state index in [0.29, 0.717) is 31.7 Å². The van der Waals surface area contributed by atoms with Crippen molar-refractivity contribution in [3.05, 3.63) is 0 Å². The van der Waals surface area contributed by atoms with Crippen molar-refractivity contribution in [1.82, 2.24) is 9.80 Å². The predicted molar refractivity (Wildman–Crippen MR) is 75.1 cm³/mol. The van der Waals surface area contributed by atoms with Crippen LogP contribution in [-0.2, 0) is 9.53 Å². The van der Waals surface area contributed by atoms with Crippen LogP contribution in [0.15, 0.2) is 0 Å². The van der Waals surface area contributed by atoms with Gasteiger partial charge in [0.05, 0.1) is 13.1 Å². The van der Waals surface area contributed by atoms with E-state index in [1.165, 1.54) is 17.7 Å². The summed E-state index contributed by atoms with van der Waals surface area (Å²) in [7, 11) is 0. The van der Waals surface area contributed by atoms with Crippen LogP contribution in [0.4, 0.5) is 4.79 Å². The number of cyclic esters (lactones) is 1. The molecule has 1 aliphatic heterocycles. The fraction of sp³-hybridized carbons (Fsp3) is 0.857. The maximum atomic E-state index is 12.2. The Labute approximate surface area is 120 Å². The third kappa shape index (κ3) is 3.30. The predicted octanol–water partition coefficient (Wildman–Crippen LogP) is 0.805. The van der Waals surface area contributed by atoms with Gasteiger partial charge in [-0.1, -0.05) is 19.8 Å². The van der Waals surface area contributed by atoms with Crippen LogP contribution in [0.5, 0.6) is 0 Å². The van der Waals surface area contributed by atoms with E-state index in [1.807, 2.05) is 0 Å². The highest BCUT2D eigenvalue weighted by atomic mass is 16.6. The molecule has 2 atom stereocenters. The Morgan fingerprint density at radius 3 is 2.80 bits per heavy atom. The first-order chi connectivity index (χ1) is 9.67. The molecule has 2 rings (SSSR count). The molecule has 0 spiro atoms. The minimum Gasteiger partial charge on any atom is -0.447 e. The zero-order valence-corrected chi connectivity index (χ0v) is 12.2. The van der Waals surface area contributed by atoms with Crippen LogP contribution in [0.25, 0.3) is 0 Å². The van der Waals surface area contributed by atoms with Gasteiger partial charge in [0.15, 0.2) is 0 Å². The summed E-state index contributed by atoms with van der Waals surface area (Å²) in [6, 6.07) is 0.362. The maximum absolute atomic E-state index is 12.2. The summed E-state index contributed by atoms with van der Waals surface area (Å²) in [6.07, 6.45) is 4.13. The summed E-state index contributed by atoms with van der Waals surface area (Å²) < 4.78 is 4.82. The van der Waals surface area contributed by atoms with Gasteiger partial charge in [-0.05, 0) is 31.8 Å². The second-order valence-electron chi connectivity index (χ2n) is 5.57. The average Bonchev–Trinajstić information content (AvgIpc) is 2.90. The number of rotatable bonds is 5. The lowest BCUT2D eigenvalue weighted by Crippen LogP contribution is -2.49. The lowest BCUT2D eigenvalue weighted by atomic mass is 9.83. The summed E-state index contributed by atoms with van der Waals surface area (Å²) in [6.45, 7) is 4.49. The third-order valence-corrected chi connectivity index (χ3v) is 4.45. The number of hydrogen-bond acceptors (Lipinski definition) is 5. The number of carbonyl (C=O) groups excluding carboxylic acids is 2. The molecule has 2 aliphatic rings. The van der Waals surface area contributed by atoms with Crippen LogP contribution in [-0.4, -0.2) is 60.6 Å². The van der Waals surface area contributed by atoms with Crippen molar-refractivity contribution in [2.45, 2.75) is 38.6 Å². The van der Waals surface area contributed by atoms with E-state index in [1.54, 1.807) is 0 Å². The Bertz CT molecular complexity index is 362. The molecule has 1 saturated heterocycles. The highest BCUT2D eigenvalue weighted by Crippen LogP contribution is 2.27. The lowest BCUT2D eigenvalue weighted by molar-refractivity contribution is -0.130. The van der Waals surface area contributed by atoms with Gasteiger partial charge in [0.2, 0.25) is 5.91 Å². The molecule has 6 heteroatoms. The monoisotopic (exact) mass is 283 g/mol. The second kappa shape index (κ2) is 7.04. The summed E-state index contributed by atoms with van der Waals surface area (Å²) in [5, 5.41) is 0. The van der Waals surface area contributed by atoms with Crippen LogP contribution >= 0.6 is 0 Å². The molecule has 20 heavy (non-hydrogen) atoms. The van der Waals surface area contributed by atoms with Crippen molar-refractivity contribution in [3.8, 4) is 0 Å². The number of amides is 2. The van der Waals surface area contributed by atoms with Gasteiger partial charge in [-0.2, -0.15) is 0 Å². The number of nitrogens with zero attached hydrogens (tertiary/aromatic N) is 2. The van der Waals surface area contributed by atoms with Gasteiger partial charge in [-0.3, -0.25) is 9.69 Å². The fourth-order valence-electron chi connectivity index (χ4n) is 3.29. The van der Waals surface area contributed by atoms with Gasteiger partial charge in [-0.15, -0.1) is 0 Å². The molecule has 0 aromatic rings. The first kappa shape index (κ1) is 15.3. The van der Waals surface area contributed by atoms with E-state index in [2.05, 4.69) is 11.8 Å². The maximum Gasteiger partial charge on any atom is 0.416 e. The quantitative estimate of drug-likeness (QED) is 0.808. The zero-order valence-electron chi connectivity index (χ0n) is 12.2. The molecular formula is C14H25N3O3. The van der Waals surface area contributed by atoms with Crippen LogP contribution in [0.3, 0.4) is 0 Å². The van der Waals surface area contributed by atoms with Crippen LogP contribution in [0.2, 0.25) is 0 Å². The average molecular weight is 283 g/mol. The second-order valence-corrected chi connectivity index (χ2v) is 5.57. The van der Waals surface area contributed by atoms with Gasteiger partial charge in [0, 0.05) is 6.04 Å².